The lowest BCUT2D eigenvalue weighted by Gasteiger charge is -2.05. The predicted molar refractivity (Wildman–Crippen MR) is 72.4 cm³/mol. The van der Waals surface area contributed by atoms with Crippen molar-refractivity contribution in [1.29, 1.82) is 0 Å². The Bertz CT molecular complexity index is 854. The third-order valence-electron chi connectivity index (χ3n) is 2.99. The Morgan fingerprint density at radius 3 is 2.56 bits per heavy atom. The van der Waals surface area contributed by atoms with E-state index >= 15 is 0 Å². The van der Waals surface area contributed by atoms with E-state index in [1.807, 2.05) is 36.4 Å². The third kappa shape index (κ3) is 1.75. The van der Waals surface area contributed by atoms with Crippen molar-refractivity contribution in [2.75, 3.05) is 6.26 Å². The van der Waals surface area contributed by atoms with E-state index in [4.69, 9.17) is 0 Å². The van der Waals surface area contributed by atoms with Crippen LogP contribution in [0.2, 0.25) is 0 Å². The van der Waals surface area contributed by atoms with Crippen molar-refractivity contribution in [3.8, 4) is 0 Å². The van der Waals surface area contributed by atoms with Crippen molar-refractivity contribution in [2.45, 2.75) is 4.90 Å². The second-order valence-electron chi connectivity index (χ2n) is 4.30. The van der Waals surface area contributed by atoms with Gasteiger partial charge < -0.3 is 0 Å². The predicted octanol–water partition coefficient (Wildman–Crippen LogP) is 2.79. The number of sulfone groups is 1. The van der Waals surface area contributed by atoms with E-state index in [1.54, 1.807) is 6.07 Å². The fourth-order valence-corrected chi connectivity index (χ4v) is 2.64. The summed E-state index contributed by atoms with van der Waals surface area (Å²) in [6.07, 6.45) is 2.60. The van der Waals surface area contributed by atoms with Crippen LogP contribution in [0.25, 0.3) is 21.7 Å². The Morgan fingerprint density at radius 1 is 1.00 bits per heavy atom. The fourth-order valence-electron chi connectivity index (χ4n) is 2.06. The highest BCUT2D eigenvalue weighted by Crippen LogP contribution is 2.25. The van der Waals surface area contributed by atoms with Crippen molar-refractivity contribution >= 4 is 31.5 Å². The van der Waals surface area contributed by atoms with Gasteiger partial charge in [0.25, 0.3) is 0 Å². The first-order chi connectivity index (χ1) is 8.55. The fraction of sp³-hybridized carbons (Fsp3) is 0.0714. The van der Waals surface area contributed by atoms with Gasteiger partial charge in [-0.25, -0.2) is 8.42 Å². The molecule has 1 heterocycles. The molecule has 3 nitrogen and oxygen atoms in total. The molecule has 0 bridgehead atoms. The van der Waals surface area contributed by atoms with E-state index in [0.717, 1.165) is 21.7 Å². The van der Waals surface area contributed by atoms with Crippen molar-refractivity contribution in [3.05, 3.63) is 48.7 Å². The summed E-state index contributed by atoms with van der Waals surface area (Å²) in [5.74, 6) is 0. The van der Waals surface area contributed by atoms with Crippen LogP contribution in [0.1, 0.15) is 0 Å². The molecule has 1 aromatic heterocycles. The average molecular weight is 257 g/mol. The maximum Gasteiger partial charge on any atom is 0.177 e. The second kappa shape index (κ2) is 3.78. The highest BCUT2D eigenvalue weighted by Gasteiger charge is 2.09. The van der Waals surface area contributed by atoms with Gasteiger partial charge in [0.15, 0.2) is 9.84 Å². The van der Waals surface area contributed by atoms with Gasteiger partial charge in [0.05, 0.1) is 10.4 Å². The van der Waals surface area contributed by atoms with Gasteiger partial charge >= 0.3 is 0 Å². The number of benzene rings is 2. The Hall–Kier alpha value is -1.94. The minimum Gasteiger partial charge on any atom is -0.255 e. The topological polar surface area (TPSA) is 47.0 Å². The summed E-state index contributed by atoms with van der Waals surface area (Å²) in [6.45, 7) is 0. The first-order valence-electron chi connectivity index (χ1n) is 5.53. The molecule has 0 spiro atoms. The summed E-state index contributed by atoms with van der Waals surface area (Å²) < 4.78 is 23.1. The van der Waals surface area contributed by atoms with Gasteiger partial charge in [-0.1, -0.05) is 30.3 Å². The van der Waals surface area contributed by atoms with E-state index in [0.29, 0.717) is 0 Å². The van der Waals surface area contributed by atoms with Crippen molar-refractivity contribution in [3.63, 3.8) is 0 Å². The van der Waals surface area contributed by atoms with Crippen LogP contribution in [0.5, 0.6) is 0 Å². The van der Waals surface area contributed by atoms with E-state index in [9.17, 15) is 8.42 Å². The van der Waals surface area contributed by atoms with E-state index in [1.165, 1.54) is 12.5 Å². The van der Waals surface area contributed by atoms with Crippen LogP contribution in [0.15, 0.2) is 53.6 Å². The summed E-state index contributed by atoms with van der Waals surface area (Å²) in [5.41, 5.74) is 0.807. The normalized spacial score (nSPS) is 12.1. The molecule has 0 aliphatic rings. The van der Waals surface area contributed by atoms with Crippen LogP contribution in [-0.4, -0.2) is 19.7 Å². The first-order valence-corrected chi connectivity index (χ1v) is 7.42. The molecule has 4 heteroatoms. The number of hydrogen-bond acceptors (Lipinski definition) is 3. The minimum atomic E-state index is -3.23. The highest BCUT2D eigenvalue weighted by molar-refractivity contribution is 7.90. The summed E-state index contributed by atoms with van der Waals surface area (Å²) in [5, 5.41) is 2.97. The molecule has 18 heavy (non-hydrogen) atoms. The van der Waals surface area contributed by atoms with Crippen LogP contribution in [0, 0.1) is 0 Å². The molecule has 0 saturated heterocycles. The maximum atomic E-state index is 11.6. The number of aromatic nitrogens is 1. The van der Waals surface area contributed by atoms with E-state index < -0.39 is 9.84 Å². The van der Waals surface area contributed by atoms with Crippen LogP contribution in [0.4, 0.5) is 0 Å². The molecule has 0 unspecified atom stereocenters. The van der Waals surface area contributed by atoms with Gasteiger partial charge in [-0.2, -0.15) is 0 Å². The van der Waals surface area contributed by atoms with Crippen molar-refractivity contribution < 1.29 is 8.42 Å². The number of fused-ring (bicyclic) bond motifs is 3. The largest absolute Gasteiger partial charge is 0.255 e. The third-order valence-corrected chi connectivity index (χ3v) is 4.07. The lowest BCUT2D eigenvalue weighted by Crippen LogP contribution is -1.97. The monoisotopic (exact) mass is 257 g/mol. The lowest BCUT2D eigenvalue weighted by molar-refractivity contribution is 0.601. The molecule has 0 radical (unpaired) electrons. The van der Waals surface area contributed by atoms with Gasteiger partial charge in [-0.05, 0) is 22.9 Å². The number of hydrogen-bond donors (Lipinski definition) is 0. The molecule has 0 N–H and O–H groups in total. The molecule has 0 atom stereocenters. The van der Waals surface area contributed by atoms with Gasteiger partial charge in [0, 0.05) is 17.8 Å². The zero-order valence-electron chi connectivity index (χ0n) is 9.79. The number of nitrogens with zero attached hydrogens (tertiary/aromatic N) is 1. The number of rotatable bonds is 1. The van der Waals surface area contributed by atoms with Gasteiger partial charge in [-0.15, -0.1) is 0 Å². The van der Waals surface area contributed by atoms with Crippen LogP contribution >= 0.6 is 0 Å². The van der Waals surface area contributed by atoms with Gasteiger partial charge in [-0.3, -0.25) is 4.98 Å². The molecular formula is C14H11NO2S. The second-order valence-corrected chi connectivity index (χ2v) is 6.31. The molecule has 3 rings (SSSR count). The Kier molecular flexibility index (Phi) is 2.35. The van der Waals surface area contributed by atoms with Crippen LogP contribution in [-0.2, 0) is 9.84 Å². The maximum absolute atomic E-state index is 11.6. The lowest BCUT2D eigenvalue weighted by atomic mass is 10.1. The zero-order valence-corrected chi connectivity index (χ0v) is 10.6. The van der Waals surface area contributed by atoms with Crippen LogP contribution < -0.4 is 0 Å². The standard InChI is InChI=1S/C14H11NO2S/c1-18(16,17)11-8-13-12-5-3-2-4-10(12)6-7-14(13)15-9-11/h2-9H,1H3. The minimum absolute atomic E-state index is 0.256. The Morgan fingerprint density at radius 2 is 1.78 bits per heavy atom. The summed E-state index contributed by atoms with van der Waals surface area (Å²) in [6, 6.07) is 13.5. The van der Waals surface area contributed by atoms with E-state index in [2.05, 4.69) is 4.98 Å². The number of pyridine rings is 1. The van der Waals surface area contributed by atoms with Crippen LogP contribution in [0.3, 0.4) is 0 Å². The highest BCUT2D eigenvalue weighted by atomic mass is 32.2. The summed E-state index contributed by atoms with van der Waals surface area (Å²) >= 11 is 0. The summed E-state index contributed by atoms with van der Waals surface area (Å²) in [7, 11) is -3.23. The van der Waals surface area contributed by atoms with E-state index in [-0.39, 0.29) is 4.90 Å². The van der Waals surface area contributed by atoms with Gasteiger partial charge in [0.1, 0.15) is 0 Å². The average Bonchev–Trinajstić information content (AvgIpc) is 2.37. The molecule has 0 amide bonds. The molecule has 90 valence electrons. The zero-order chi connectivity index (χ0) is 12.8. The molecule has 3 aromatic rings. The quantitative estimate of drug-likeness (QED) is 0.630. The Labute approximate surface area is 105 Å². The summed E-state index contributed by atoms with van der Waals surface area (Å²) in [4.78, 5) is 4.47. The Balaban J connectivity index is 2.48. The van der Waals surface area contributed by atoms with Crippen molar-refractivity contribution in [2.24, 2.45) is 0 Å². The smallest absolute Gasteiger partial charge is 0.177 e. The SMILES string of the molecule is CS(=O)(=O)c1cnc2ccc3ccccc3c2c1. The molecule has 0 fully saturated rings. The first kappa shape index (κ1) is 11.2. The molecule has 0 aliphatic heterocycles. The molecule has 2 aromatic carbocycles. The molecular weight excluding hydrogens is 246 g/mol. The molecule has 0 aliphatic carbocycles. The van der Waals surface area contributed by atoms with Gasteiger partial charge in [0.2, 0.25) is 0 Å². The molecule has 0 saturated carbocycles. The van der Waals surface area contributed by atoms with Crippen molar-refractivity contribution in [1.82, 2.24) is 4.98 Å².